The molecule has 16 N–H and O–H groups in total. The molecule has 690 valence electrons. The Bertz CT molecular complexity index is 5110. The van der Waals surface area contributed by atoms with Crippen LogP contribution in [0, 0.1) is 17.7 Å². The molecule has 0 unspecified atom stereocenters. The number of rotatable bonds is 23. The molecule has 1 aliphatic heterocycles. The second kappa shape index (κ2) is 48.8. The van der Waals surface area contributed by atoms with E-state index >= 15 is 33.2 Å². The van der Waals surface area contributed by atoms with Crippen molar-refractivity contribution in [2.24, 2.45) is 17.6 Å². The van der Waals surface area contributed by atoms with Gasteiger partial charge in [0, 0.05) is 89.6 Å². The Morgan fingerprint density at radius 1 is 0.481 bits per heavy atom. The Morgan fingerprint density at radius 2 is 0.938 bits per heavy atom. The number of likely N-dealkylation sites (N-methyl/N-ethyl adjacent to an activating group) is 4. The van der Waals surface area contributed by atoms with Gasteiger partial charge in [0.1, 0.15) is 83.8 Å². The van der Waals surface area contributed by atoms with E-state index in [2.05, 4.69) is 58.2 Å². The summed E-state index contributed by atoms with van der Waals surface area (Å²) in [6, 6.07) is 22.9. The Balaban J connectivity index is 1.21. The summed E-state index contributed by atoms with van der Waals surface area (Å²) in [7, 11) is 5.14. The molecule has 0 radical (unpaired) electrons. The lowest BCUT2D eigenvalue weighted by atomic mass is 9.99. The van der Waals surface area contributed by atoms with Gasteiger partial charge in [-0.25, -0.2) is 4.39 Å². The molecule has 0 saturated carbocycles. The summed E-state index contributed by atoms with van der Waals surface area (Å²) < 4.78 is 15.9. The van der Waals surface area contributed by atoms with Crippen molar-refractivity contribution in [2.75, 3.05) is 59.3 Å². The molecule has 2 heterocycles. The fourth-order valence-electron chi connectivity index (χ4n) is 14.7. The molecule has 7 aromatic rings. The molecule has 8 rings (SSSR count). The first-order chi connectivity index (χ1) is 61.4. The highest BCUT2D eigenvalue weighted by molar-refractivity contribution is 8.00. The molecular weight excluding hydrogens is 1680 g/mol. The number of aromatic amines is 1. The molecule has 1 aromatic heterocycles. The van der Waals surface area contributed by atoms with Crippen molar-refractivity contribution in [2.45, 2.75) is 172 Å². The van der Waals surface area contributed by atoms with Gasteiger partial charge in [0.05, 0.1) is 31.8 Å². The number of phenols is 2. The molecule has 11 atom stereocenters. The predicted molar refractivity (Wildman–Crippen MR) is 477 cm³/mol. The van der Waals surface area contributed by atoms with Crippen molar-refractivity contribution in [3.63, 3.8) is 0 Å². The van der Waals surface area contributed by atoms with Crippen LogP contribution in [0.1, 0.15) is 100 Å². The number of carbonyl (C=O) groups is 16. The van der Waals surface area contributed by atoms with Crippen molar-refractivity contribution in [3.05, 3.63) is 203 Å². The molecule has 37 heteroatoms. The van der Waals surface area contributed by atoms with Crippen LogP contribution in [0.15, 0.2) is 164 Å². The molecule has 1 fully saturated rings. The number of hydrogen-bond donors (Lipinski definition) is 15. The van der Waals surface area contributed by atoms with Gasteiger partial charge in [-0.05, 0) is 94.5 Å². The number of thioether (sulfide) groups is 1. The molecule has 35 nitrogen and oxygen atoms in total. The van der Waals surface area contributed by atoms with Crippen molar-refractivity contribution >= 4 is 117 Å². The highest BCUT2D eigenvalue weighted by Crippen LogP contribution is 2.24. The molecule has 6 aromatic carbocycles. The zero-order valence-electron chi connectivity index (χ0n) is 73.4. The zero-order valence-corrected chi connectivity index (χ0v) is 74.3. The molecule has 0 bridgehead atoms. The van der Waals surface area contributed by atoms with Crippen molar-refractivity contribution < 1.29 is 96.4 Å². The Morgan fingerprint density at radius 3 is 1.50 bits per heavy atom. The third kappa shape index (κ3) is 30.8. The number of aromatic hydroxyl groups is 2. The lowest BCUT2D eigenvalue weighted by molar-refractivity contribution is -0.151. The number of carboxylic acid groups (broad SMARTS) is 1. The standard InChI is InChI=1S/C92H115FN16O19S/c1-10-11-30-74-91(127)107(7)50-78(114)98-70(46-80(116)117)87(123)105-81(54(4)5)88(124)102-69(44-59-26-18-20-28-64(59)93)86(122)103-71(42-58-33-37-62(111)38-34-58)89(125)106(6)49-77(113)97-68(45-60-47-95-65-29-21-19-27-63(60)65)85(121)101-67(40-57-31-35-61(110)36-32-57)84(120)100-66(39-53(2)3)83(119)104-73(82(118)96-48-76(94)112)51-129-52-79(115)99-72(41-55-22-14-12-15-23-55)90(126)109(9)75(92(128)108(74)8)43-56-24-16-13-17-25-56/h12-29,31-38,47,53-54,66-75,81,95,110-111H,10-11,30,39-46,48-52H2,1-9H3,(H2,94,112)(H,96,118)(H,97,113)(H,98,114)(H,99,115)(H,100,120)(H,101,121)(H,102,124)(H,103,122)(H,104,119)(H,105,123)(H,116,117)/t66-,67-,68-,69-,70-,71-,72-,73-,74-,75-,81-/m0/s1. The highest BCUT2D eigenvalue weighted by atomic mass is 32.2. The van der Waals surface area contributed by atoms with Gasteiger partial charge in [0.2, 0.25) is 88.6 Å². The van der Waals surface area contributed by atoms with Gasteiger partial charge in [-0.15, -0.1) is 11.8 Å². The normalized spacial score (nSPS) is 21.8. The second-order valence-electron chi connectivity index (χ2n) is 32.8. The summed E-state index contributed by atoms with van der Waals surface area (Å²) in [5.41, 5.74) is 8.32. The minimum atomic E-state index is -1.96. The fourth-order valence-corrected chi connectivity index (χ4v) is 15.6. The van der Waals surface area contributed by atoms with E-state index in [4.69, 9.17) is 5.73 Å². The number of hydrogen-bond acceptors (Lipinski definition) is 19. The quantitative estimate of drug-likeness (QED) is 0.0436. The molecular formula is C92H115FN16O19S. The minimum absolute atomic E-state index is 0.0106. The Labute approximate surface area is 750 Å². The van der Waals surface area contributed by atoms with E-state index in [1.807, 2.05) is 6.92 Å². The molecule has 1 aliphatic rings. The van der Waals surface area contributed by atoms with Crippen molar-refractivity contribution in [1.29, 1.82) is 0 Å². The van der Waals surface area contributed by atoms with E-state index in [0.717, 1.165) is 37.4 Å². The lowest BCUT2D eigenvalue weighted by Crippen LogP contribution is -2.61. The van der Waals surface area contributed by atoms with Gasteiger partial charge >= 0.3 is 5.97 Å². The van der Waals surface area contributed by atoms with Gasteiger partial charge in [0.25, 0.3) is 0 Å². The SMILES string of the molecule is CCCC[C@H]1C(=O)N(C)CC(=O)N[C@@H](CC(=O)O)C(=O)N[C@@H](C(C)C)C(=O)N[C@@H](Cc2ccccc2F)C(=O)N[C@@H](Cc2ccc(O)cc2)C(=O)N(C)CC(=O)N[C@@H](Cc2c[nH]c3ccccc23)C(=O)N[C@@H](Cc2ccc(O)cc2)C(=O)N[C@@H](CC(C)C)C(=O)N[C@H](C(=O)NCC(N)=O)CSCC(=O)N[C@@H](Cc2ccccc2)C(=O)N(C)[C@@H](Cc2ccccc2)C(=O)N1C. The summed E-state index contributed by atoms with van der Waals surface area (Å²) in [5.74, 6) is -19.3. The summed E-state index contributed by atoms with van der Waals surface area (Å²) in [5, 5.41) is 57.6. The smallest absolute Gasteiger partial charge is 0.305 e. The monoisotopic (exact) mass is 1800 g/mol. The number of carboxylic acids is 1. The topological polar surface area (TPSA) is 509 Å². The van der Waals surface area contributed by atoms with Crippen molar-refractivity contribution in [3.8, 4) is 11.5 Å². The number of H-pyrrole nitrogens is 1. The number of amides is 15. The number of nitrogens with zero attached hydrogens (tertiary/aromatic N) is 4. The molecule has 0 spiro atoms. The van der Waals surface area contributed by atoms with Crippen LogP contribution in [0.25, 0.3) is 10.9 Å². The number of phenolic OH excluding ortho intramolecular Hbond substituents is 2. The van der Waals surface area contributed by atoms with Gasteiger partial charge in [0.15, 0.2) is 0 Å². The van der Waals surface area contributed by atoms with E-state index < -0.39 is 217 Å². The predicted octanol–water partition coefficient (Wildman–Crippen LogP) is 2.12. The van der Waals surface area contributed by atoms with Crippen LogP contribution in [-0.2, 0) is 115 Å². The summed E-state index contributed by atoms with van der Waals surface area (Å²) in [6.45, 7) is 5.89. The number of nitrogens with two attached hydrogens (primary N) is 1. The van der Waals surface area contributed by atoms with E-state index in [0.29, 0.717) is 51.6 Å². The van der Waals surface area contributed by atoms with Gasteiger partial charge < -0.3 is 98.8 Å². The van der Waals surface area contributed by atoms with Crippen molar-refractivity contribution in [1.82, 2.24) is 77.8 Å². The average Bonchev–Trinajstić information content (AvgIpc) is 1.71. The average molecular weight is 1800 g/mol. The van der Waals surface area contributed by atoms with Gasteiger partial charge in [-0.2, -0.15) is 0 Å². The van der Waals surface area contributed by atoms with Crippen LogP contribution in [0.5, 0.6) is 11.5 Å². The summed E-state index contributed by atoms with van der Waals surface area (Å²) in [6.07, 6.45) is -0.585. The van der Waals surface area contributed by atoms with Gasteiger partial charge in [-0.1, -0.05) is 169 Å². The number of primary amides is 1. The van der Waals surface area contributed by atoms with Crippen LogP contribution in [0.4, 0.5) is 4.39 Å². The third-order valence-corrected chi connectivity index (χ3v) is 22.7. The largest absolute Gasteiger partial charge is 0.508 e. The highest BCUT2D eigenvalue weighted by Gasteiger charge is 2.42. The van der Waals surface area contributed by atoms with Crippen LogP contribution in [0.3, 0.4) is 0 Å². The second-order valence-corrected chi connectivity index (χ2v) is 33.8. The molecule has 0 aliphatic carbocycles. The fraction of sp³-hybridized carbons (Fsp3) is 0.413. The van der Waals surface area contributed by atoms with Crippen LogP contribution in [0.2, 0.25) is 0 Å². The number of aliphatic carboxylic acids is 1. The van der Waals surface area contributed by atoms with E-state index in [1.54, 1.807) is 105 Å². The van der Waals surface area contributed by atoms with Crippen LogP contribution in [-0.4, -0.2) is 260 Å². The number of carbonyl (C=O) groups excluding carboxylic acids is 15. The van der Waals surface area contributed by atoms with Gasteiger partial charge in [-0.3, -0.25) is 76.7 Å². The number of para-hydroxylation sites is 1. The number of aromatic nitrogens is 1. The van der Waals surface area contributed by atoms with E-state index in [9.17, 15) is 63.3 Å². The van der Waals surface area contributed by atoms with E-state index in [1.165, 1.54) is 109 Å². The number of unbranched alkanes of at least 4 members (excludes halogenated alkanes) is 1. The number of nitrogens with one attached hydrogen (secondary N) is 11. The van der Waals surface area contributed by atoms with Crippen LogP contribution >= 0.6 is 11.8 Å². The minimum Gasteiger partial charge on any atom is -0.508 e. The zero-order chi connectivity index (χ0) is 94.3. The van der Waals surface area contributed by atoms with Crippen LogP contribution < -0.4 is 58.9 Å². The summed E-state index contributed by atoms with van der Waals surface area (Å²) >= 11 is 0.819. The first kappa shape index (κ1) is 101. The first-order valence-electron chi connectivity index (χ1n) is 42.4. The Kier molecular flexibility index (Phi) is 38.1. The molecule has 129 heavy (non-hydrogen) atoms. The number of halogens is 1. The maximum atomic E-state index is 15.9. The maximum absolute atomic E-state index is 15.9. The number of fused-ring (bicyclic) bond motifs is 1. The third-order valence-electron chi connectivity index (χ3n) is 21.7. The number of benzene rings is 6. The van der Waals surface area contributed by atoms with E-state index in [-0.39, 0.29) is 67.9 Å². The maximum Gasteiger partial charge on any atom is 0.305 e. The molecule has 15 amide bonds. The summed E-state index contributed by atoms with van der Waals surface area (Å²) in [4.78, 5) is 241. The Hall–Kier alpha value is -13.7. The molecule has 1 saturated heterocycles. The first-order valence-corrected chi connectivity index (χ1v) is 43.5. The lowest BCUT2D eigenvalue weighted by Gasteiger charge is -2.37.